The predicted octanol–water partition coefficient (Wildman–Crippen LogP) is 3.36. The molecular weight excluding hydrogens is 365 g/mol. The van der Waals surface area contributed by atoms with Gasteiger partial charge in [-0.15, -0.1) is 0 Å². The van der Waals surface area contributed by atoms with Crippen LogP contribution in [0.25, 0.3) is 0 Å². The van der Waals surface area contributed by atoms with Gasteiger partial charge < -0.3 is 19.1 Å². The molecule has 1 heterocycles. The number of ether oxygens (including phenoxy) is 3. The molecule has 7 heteroatoms. The first kappa shape index (κ1) is 19.7. The number of amides is 1. The number of benzene rings is 2. The van der Waals surface area contributed by atoms with E-state index in [0.717, 1.165) is 24.5 Å². The lowest BCUT2D eigenvalue weighted by molar-refractivity contribution is -0.135. The van der Waals surface area contributed by atoms with Crippen LogP contribution in [0.5, 0.6) is 11.5 Å². The van der Waals surface area contributed by atoms with Gasteiger partial charge in [-0.1, -0.05) is 6.07 Å². The van der Waals surface area contributed by atoms with Crippen molar-refractivity contribution in [2.24, 2.45) is 0 Å². The number of methoxy groups -OCH3 is 2. The first-order valence-electron chi connectivity index (χ1n) is 8.97. The van der Waals surface area contributed by atoms with Crippen LogP contribution in [0.4, 0.5) is 4.39 Å². The summed E-state index contributed by atoms with van der Waals surface area (Å²) in [6.07, 6.45) is 1.60. The van der Waals surface area contributed by atoms with Gasteiger partial charge in [0.15, 0.2) is 6.61 Å². The Labute approximate surface area is 162 Å². The minimum Gasteiger partial charge on any atom is -0.497 e. The lowest BCUT2D eigenvalue weighted by atomic mass is 10.0. The standard InChI is InChI=1S/C21H22FNO5/c1-26-16-8-9-19(27-2)17(12-16)18-7-4-10-23(18)20(24)13-28-21(25)14-5-3-6-15(22)11-14/h3,5-6,8-9,11-12,18H,4,7,10,13H2,1-2H3/t18-/m1/s1. The highest BCUT2D eigenvalue weighted by Crippen LogP contribution is 2.38. The van der Waals surface area contributed by atoms with Crippen LogP contribution in [0.3, 0.4) is 0 Å². The first-order valence-corrected chi connectivity index (χ1v) is 8.97. The third kappa shape index (κ3) is 4.24. The predicted molar refractivity (Wildman–Crippen MR) is 99.9 cm³/mol. The normalized spacial score (nSPS) is 16.0. The van der Waals surface area contributed by atoms with Crippen molar-refractivity contribution in [1.29, 1.82) is 0 Å². The number of hydrogen-bond donors (Lipinski definition) is 0. The van der Waals surface area contributed by atoms with Crippen LogP contribution in [0, 0.1) is 5.82 Å². The number of rotatable bonds is 6. The van der Waals surface area contributed by atoms with Gasteiger partial charge in [0.2, 0.25) is 0 Å². The first-order chi connectivity index (χ1) is 13.5. The van der Waals surface area contributed by atoms with E-state index in [4.69, 9.17) is 14.2 Å². The van der Waals surface area contributed by atoms with E-state index in [2.05, 4.69) is 0 Å². The molecule has 2 aromatic rings. The van der Waals surface area contributed by atoms with E-state index in [1.54, 1.807) is 31.3 Å². The smallest absolute Gasteiger partial charge is 0.338 e. The number of carbonyl (C=O) groups is 2. The van der Waals surface area contributed by atoms with Crippen LogP contribution in [-0.2, 0) is 9.53 Å². The molecule has 6 nitrogen and oxygen atoms in total. The van der Waals surface area contributed by atoms with Gasteiger partial charge in [-0.25, -0.2) is 9.18 Å². The third-order valence-electron chi connectivity index (χ3n) is 4.76. The van der Waals surface area contributed by atoms with Crippen molar-refractivity contribution < 1.29 is 28.2 Å². The molecule has 0 aliphatic carbocycles. The van der Waals surface area contributed by atoms with E-state index in [9.17, 15) is 14.0 Å². The second-order valence-corrected chi connectivity index (χ2v) is 6.44. The summed E-state index contributed by atoms with van der Waals surface area (Å²) >= 11 is 0. The van der Waals surface area contributed by atoms with Gasteiger partial charge in [-0.3, -0.25) is 4.79 Å². The molecule has 28 heavy (non-hydrogen) atoms. The Balaban J connectivity index is 1.70. The molecular formula is C21H22FNO5. The molecule has 0 saturated carbocycles. The lowest BCUT2D eigenvalue weighted by Gasteiger charge is -2.26. The molecule has 1 aliphatic heterocycles. The van der Waals surface area contributed by atoms with E-state index < -0.39 is 18.4 Å². The number of esters is 1. The van der Waals surface area contributed by atoms with Crippen LogP contribution in [0.2, 0.25) is 0 Å². The van der Waals surface area contributed by atoms with Crippen molar-refractivity contribution in [3.05, 3.63) is 59.4 Å². The quantitative estimate of drug-likeness (QED) is 0.711. The van der Waals surface area contributed by atoms with Crippen molar-refractivity contribution in [2.75, 3.05) is 27.4 Å². The molecule has 1 amide bonds. The highest BCUT2D eigenvalue weighted by atomic mass is 19.1. The highest BCUT2D eigenvalue weighted by molar-refractivity contribution is 5.91. The molecule has 3 rings (SSSR count). The molecule has 0 bridgehead atoms. The number of carbonyl (C=O) groups excluding carboxylic acids is 2. The largest absolute Gasteiger partial charge is 0.497 e. The zero-order valence-electron chi connectivity index (χ0n) is 15.8. The lowest BCUT2D eigenvalue weighted by Crippen LogP contribution is -2.34. The van der Waals surface area contributed by atoms with Crippen molar-refractivity contribution in [2.45, 2.75) is 18.9 Å². The molecule has 2 aromatic carbocycles. The fourth-order valence-electron chi connectivity index (χ4n) is 3.40. The molecule has 1 atom stereocenters. The minimum absolute atomic E-state index is 0.0697. The Bertz CT molecular complexity index is 870. The van der Waals surface area contributed by atoms with Crippen molar-refractivity contribution in [3.8, 4) is 11.5 Å². The minimum atomic E-state index is -0.734. The number of likely N-dealkylation sites (tertiary alicyclic amines) is 1. The maximum atomic E-state index is 13.2. The monoisotopic (exact) mass is 387 g/mol. The maximum Gasteiger partial charge on any atom is 0.338 e. The summed E-state index contributed by atoms with van der Waals surface area (Å²) in [5.41, 5.74) is 0.921. The van der Waals surface area contributed by atoms with Crippen LogP contribution >= 0.6 is 0 Å². The van der Waals surface area contributed by atoms with E-state index in [-0.39, 0.29) is 17.5 Å². The van der Waals surface area contributed by atoms with Gasteiger partial charge in [0.1, 0.15) is 17.3 Å². The van der Waals surface area contributed by atoms with Crippen molar-refractivity contribution in [1.82, 2.24) is 4.90 Å². The van der Waals surface area contributed by atoms with Gasteiger partial charge in [-0.05, 0) is 49.2 Å². The van der Waals surface area contributed by atoms with Crippen LogP contribution in [-0.4, -0.2) is 44.1 Å². The summed E-state index contributed by atoms with van der Waals surface area (Å²) in [6, 6.07) is 10.4. The third-order valence-corrected chi connectivity index (χ3v) is 4.76. The Hall–Kier alpha value is -3.09. The van der Waals surface area contributed by atoms with E-state index in [1.165, 1.54) is 18.2 Å². The molecule has 0 spiro atoms. The van der Waals surface area contributed by atoms with Crippen molar-refractivity contribution in [3.63, 3.8) is 0 Å². The Kier molecular flexibility index (Phi) is 6.13. The average Bonchev–Trinajstić information content (AvgIpc) is 3.21. The summed E-state index contributed by atoms with van der Waals surface area (Å²) in [5.74, 6) is -0.236. The van der Waals surface area contributed by atoms with Gasteiger partial charge >= 0.3 is 5.97 Å². The summed E-state index contributed by atoms with van der Waals surface area (Å²) < 4.78 is 29.1. The molecule has 1 fully saturated rings. The number of halogens is 1. The maximum absolute atomic E-state index is 13.2. The van der Waals surface area contributed by atoms with Crippen molar-refractivity contribution >= 4 is 11.9 Å². The molecule has 1 saturated heterocycles. The van der Waals surface area contributed by atoms with Gasteiger partial charge in [0.25, 0.3) is 5.91 Å². The molecule has 0 unspecified atom stereocenters. The Morgan fingerprint density at radius 1 is 1.14 bits per heavy atom. The van der Waals surface area contributed by atoms with E-state index in [0.29, 0.717) is 18.0 Å². The van der Waals surface area contributed by atoms with Crippen LogP contribution in [0.15, 0.2) is 42.5 Å². The van der Waals surface area contributed by atoms with Gasteiger partial charge in [0, 0.05) is 12.1 Å². The molecule has 0 aromatic heterocycles. The summed E-state index contributed by atoms with van der Waals surface area (Å²) in [6.45, 7) is 0.152. The fraction of sp³-hybridized carbons (Fsp3) is 0.333. The molecule has 0 radical (unpaired) electrons. The topological polar surface area (TPSA) is 65.1 Å². The average molecular weight is 387 g/mol. The van der Waals surface area contributed by atoms with Crippen LogP contribution in [0.1, 0.15) is 34.8 Å². The van der Waals surface area contributed by atoms with Gasteiger partial charge in [-0.2, -0.15) is 0 Å². The zero-order chi connectivity index (χ0) is 20.1. The Morgan fingerprint density at radius 3 is 2.68 bits per heavy atom. The zero-order valence-corrected chi connectivity index (χ0v) is 15.8. The van der Waals surface area contributed by atoms with E-state index in [1.807, 2.05) is 6.07 Å². The summed E-state index contributed by atoms with van der Waals surface area (Å²) in [4.78, 5) is 26.4. The Morgan fingerprint density at radius 2 is 1.96 bits per heavy atom. The number of hydrogen-bond acceptors (Lipinski definition) is 5. The second-order valence-electron chi connectivity index (χ2n) is 6.44. The summed E-state index contributed by atoms with van der Waals surface area (Å²) in [7, 11) is 3.15. The second kappa shape index (κ2) is 8.73. The molecule has 0 N–H and O–H groups in total. The SMILES string of the molecule is COc1ccc(OC)c([C@H]2CCCN2C(=O)COC(=O)c2cccc(F)c2)c1. The fourth-order valence-corrected chi connectivity index (χ4v) is 3.40. The summed E-state index contributed by atoms with van der Waals surface area (Å²) in [5, 5.41) is 0. The molecule has 148 valence electrons. The van der Waals surface area contributed by atoms with Gasteiger partial charge in [0.05, 0.1) is 25.8 Å². The highest BCUT2D eigenvalue weighted by Gasteiger charge is 2.32. The molecule has 1 aliphatic rings. The van der Waals surface area contributed by atoms with E-state index >= 15 is 0 Å². The van der Waals surface area contributed by atoms with Crippen LogP contribution < -0.4 is 9.47 Å². The number of nitrogens with zero attached hydrogens (tertiary/aromatic N) is 1.